The summed E-state index contributed by atoms with van der Waals surface area (Å²) < 4.78 is 21.8. The van der Waals surface area contributed by atoms with Gasteiger partial charge in [0.2, 0.25) is 6.79 Å². The van der Waals surface area contributed by atoms with E-state index in [0.29, 0.717) is 35.6 Å². The number of phenols is 1. The third kappa shape index (κ3) is 5.96. The molecule has 8 nitrogen and oxygen atoms in total. The van der Waals surface area contributed by atoms with Gasteiger partial charge in [0.1, 0.15) is 11.9 Å². The van der Waals surface area contributed by atoms with Crippen molar-refractivity contribution in [2.45, 2.75) is 18.9 Å². The fourth-order valence-electron chi connectivity index (χ4n) is 2.81. The Labute approximate surface area is 187 Å². The summed E-state index contributed by atoms with van der Waals surface area (Å²) in [4.78, 5) is 23.7. The molecular formula is C20H20BrNO7S. The van der Waals surface area contributed by atoms with E-state index in [4.69, 9.17) is 18.9 Å². The number of anilines is 1. The normalized spacial score (nSPS) is 12.9. The van der Waals surface area contributed by atoms with E-state index in [2.05, 4.69) is 33.9 Å². The molecule has 0 saturated heterocycles. The van der Waals surface area contributed by atoms with Gasteiger partial charge in [-0.05, 0) is 43.2 Å². The summed E-state index contributed by atoms with van der Waals surface area (Å²) in [7, 11) is 0. The number of ether oxygens (including phenoxy) is 4. The zero-order chi connectivity index (χ0) is 21.5. The van der Waals surface area contributed by atoms with Gasteiger partial charge in [-0.25, -0.2) is 4.79 Å². The number of benzene rings is 2. The highest BCUT2D eigenvalue weighted by Gasteiger charge is 2.22. The van der Waals surface area contributed by atoms with E-state index in [1.165, 1.54) is 6.07 Å². The highest BCUT2D eigenvalue weighted by molar-refractivity contribution is 9.10. The minimum Gasteiger partial charge on any atom is -0.508 e. The van der Waals surface area contributed by atoms with Crippen LogP contribution in [-0.4, -0.2) is 36.3 Å². The Morgan fingerprint density at radius 1 is 1.20 bits per heavy atom. The number of carbonyl (C=O) groups excluding carboxylic acids is 2. The summed E-state index contributed by atoms with van der Waals surface area (Å²) >= 11 is 7.20. The van der Waals surface area contributed by atoms with Gasteiger partial charge in [-0.2, -0.15) is 12.6 Å². The third-order valence-electron chi connectivity index (χ3n) is 4.21. The van der Waals surface area contributed by atoms with Crippen molar-refractivity contribution in [2.75, 3.05) is 24.5 Å². The lowest BCUT2D eigenvalue weighted by molar-refractivity contribution is -0.140. The van der Waals surface area contributed by atoms with Crippen LogP contribution in [0.15, 0.2) is 40.9 Å². The predicted octanol–water partition coefficient (Wildman–Crippen LogP) is 4.43. The van der Waals surface area contributed by atoms with Crippen molar-refractivity contribution in [3.8, 4) is 17.2 Å². The summed E-state index contributed by atoms with van der Waals surface area (Å²) in [5, 5.41) is 12.9. The average molecular weight is 498 g/mol. The second-order valence-electron chi connectivity index (χ2n) is 6.31. The van der Waals surface area contributed by atoms with Crippen LogP contribution in [0.4, 0.5) is 10.5 Å². The number of thiol groups is 1. The Bertz CT molecular complexity index is 924. The van der Waals surface area contributed by atoms with Crippen molar-refractivity contribution in [1.82, 2.24) is 0 Å². The van der Waals surface area contributed by atoms with Crippen molar-refractivity contribution in [2.24, 2.45) is 0 Å². The number of fused-ring (bicyclic) bond motifs is 1. The van der Waals surface area contributed by atoms with Crippen LogP contribution < -0.4 is 14.8 Å². The predicted molar refractivity (Wildman–Crippen MR) is 115 cm³/mol. The largest absolute Gasteiger partial charge is 0.508 e. The van der Waals surface area contributed by atoms with Gasteiger partial charge in [0.05, 0.1) is 12.4 Å². The summed E-state index contributed by atoms with van der Waals surface area (Å²) in [5.74, 6) is 0.680. The maximum absolute atomic E-state index is 12.5. The standard InChI is InChI=1S/C20H20BrNO7S/c21-12-3-5-15(23)14(8-12)16(2-1-7-26-19(24)10-30)29-20(25)22-13-4-6-17-18(9-13)28-11-27-17/h3-6,8-9,16,23,30H,1-2,7,10-11H2,(H,22,25)/t16-/m1/s1. The van der Waals surface area contributed by atoms with Crippen LogP contribution in [0.25, 0.3) is 0 Å². The summed E-state index contributed by atoms with van der Waals surface area (Å²) in [6.07, 6.45) is -0.705. The van der Waals surface area contributed by atoms with Crippen LogP contribution in [-0.2, 0) is 14.3 Å². The van der Waals surface area contributed by atoms with Gasteiger partial charge in [-0.3, -0.25) is 10.1 Å². The molecule has 0 spiro atoms. The number of phenolic OH excluding ortho intramolecular Hbond substituents is 1. The molecule has 0 fully saturated rings. The van der Waals surface area contributed by atoms with E-state index in [0.717, 1.165) is 4.47 Å². The number of amides is 1. The number of nitrogens with one attached hydrogen (secondary N) is 1. The SMILES string of the molecule is O=C(CS)OCCC[C@@H](OC(=O)Nc1ccc2c(c1)OCO2)c1cc(Br)ccc1O. The average Bonchev–Trinajstić information content (AvgIpc) is 3.19. The molecule has 0 aliphatic carbocycles. The Hall–Kier alpha value is -2.59. The van der Waals surface area contributed by atoms with Crippen LogP contribution >= 0.6 is 28.6 Å². The topological polar surface area (TPSA) is 103 Å². The van der Waals surface area contributed by atoms with Crippen molar-refractivity contribution in [3.63, 3.8) is 0 Å². The molecule has 0 unspecified atom stereocenters. The maximum Gasteiger partial charge on any atom is 0.412 e. The fraction of sp³-hybridized carbons (Fsp3) is 0.300. The number of hydrogen-bond donors (Lipinski definition) is 3. The van der Waals surface area contributed by atoms with Gasteiger partial charge in [0.15, 0.2) is 11.5 Å². The van der Waals surface area contributed by atoms with E-state index in [9.17, 15) is 14.7 Å². The number of hydrogen-bond acceptors (Lipinski definition) is 8. The number of aromatic hydroxyl groups is 1. The second kappa shape index (κ2) is 10.4. The van der Waals surface area contributed by atoms with Gasteiger partial charge in [0, 0.05) is 21.8 Å². The minimum atomic E-state index is -0.758. The second-order valence-corrected chi connectivity index (χ2v) is 7.54. The van der Waals surface area contributed by atoms with Gasteiger partial charge in [-0.15, -0.1) is 0 Å². The lowest BCUT2D eigenvalue weighted by atomic mass is 10.0. The Morgan fingerprint density at radius 3 is 2.80 bits per heavy atom. The molecule has 3 rings (SSSR count). The van der Waals surface area contributed by atoms with Crippen LogP contribution in [0, 0.1) is 0 Å². The first-order chi connectivity index (χ1) is 14.5. The van der Waals surface area contributed by atoms with Gasteiger partial charge >= 0.3 is 12.1 Å². The first kappa shape index (κ1) is 22.1. The molecule has 0 saturated carbocycles. The van der Waals surface area contributed by atoms with Crippen molar-refractivity contribution >= 4 is 46.3 Å². The number of esters is 1. The highest BCUT2D eigenvalue weighted by Crippen LogP contribution is 2.35. The van der Waals surface area contributed by atoms with E-state index < -0.39 is 18.2 Å². The summed E-state index contributed by atoms with van der Waals surface area (Å²) in [5.41, 5.74) is 0.912. The van der Waals surface area contributed by atoms with Crippen LogP contribution in [0.2, 0.25) is 0 Å². The van der Waals surface area contributed by atoms with Crippen molar-refractivity contribution < 1.29 is 33.6 Å². The zero-order valence-electron chi connectivity index (χ0n) is 15.8. The number of carbonyl (C=O) groups is 2. The molecule has 1 heterocycles. The number of rotatable bonds is 8. The Morgan fingerprint density at radius 2 is 2.00 bits per heavy atom. The first-order valence-electron chi connectivity index (χ1n) is 9.08. The van der Waals surface area contributed by atoms with E-state index in [-0.39, 0.29) is 24.9 Å². The third-order valence-corrected chi connectivity index (χ3v) is 4.96. The molecule has 0 bridgehead atoms. The van der Waals surface area contributed by atoms with E-state index in [1.807, 2.05) is 0 Å². The fourth-order valence-corrected chi connectivity index (χ4v) is 3.28. The molecule has 160 valence electrons. The Balaban J connectivity index is 1.67. The maximum atomic E-state index is 12.5. The molecule has 0 aromatic heterocycles. The molecule has 1 aliphatic rings. The molecule has 0 radical (unpaired) electrons. The monoisotopic (exact) mass is 497 g/mol. The molecule has 1 atom stereocenters. The van der Waals surface area contributed by atoms with Gasteiger partial charge in [-0.1, -0.05) is 15.9 Å². The molecular weight excluding hydrogens is 478 g/mol. The van der Waals surface area contributed by atoms with Crippen LogP contribution in [0.3, 0.4) is 0 Å². The zero-order valence-corrected chi connectivity index (χ0v) is 18.3. The molecule has 30 heavy (non-hydrogen) atoms. The lowest BCUT2D eigenvalue weighted by Crippen LogP contribution is -2.18. The number of halogens is 1. The van der Waals surface area contributed by atoms with E-state index >= 15 is 0 Å². The van der Waals surface area contributed by atoms with Gasteiger partial charge in [0.25, 0.3) is 0 Å². The quantitative estimate of drug-likeness (QED) is 0.281. The highest BCUT2D eigenvalue weighted by atomic mass is 79.9. The van der Waals surface area contributed by atoms with Gasteiger partial charge < -0.3 is 24.1 Å². The first-order valence-corrected chi connectivity index (χ1v) is 10.5. The molecule has 1 amide bonds. The minimum absolute atomic E-state index is 0.00793. The van der Waals surface area contributed by atoms with Crippen LogP contribution in [0.5, 0.6) is 17.2 Å². The molecule has 2 aromatic carbocycles. The lowest BCUT2D eigenvalue weighted by Gasteiger charge is -2.20. The molecule has 1 aliphatic heterocycles. The van der Waals surface area contributed by atoms with Crippen molar-refractivity contribution in [3.05, 3.63) is 46.4 Å². The molecule has 2 N–H and O–H groups in total. The smallest absolute Gasteiger partial charge is 0.412 e. The molecule has 2 aromatic rings. The summed E-state index contributed by atoms with van der Waals surface area (Å²) in [6.45, 7) is 0.281. The molecule has 10 heteroatoms. The van der Waals surface area contributed by atoms with Crippen molar-refractivity contribution in [1.29, 1.82) is 0 Å². The van der Waals surface area contributed by atoms with E-state index in [1.54, 1.807) is 30.3 Å². The summed E-state index contributed by atoms with van der Waals surface area (Å²) in [6, 6.07) is 9.84. The van der Waals surface area contributed by atoms with Crippen LogP contribution in [0.1, 0.15) is 24.5 Å². The Kier molecular flexibility index (Phi) is 7.69.